The van der Waals surface area contributed by atoms with Gasteiger partial charge in [0.1, 0.15) is 5.82 Å². The summed E-state index contributed by atoms with van der Waals surface area (Å²) in [5.74, 6) is 0.783. The molecule has 17 heavy (non-hydrogen) atoms. The summed E-state index contributed by atoms with van der Waals surface area (Å²) in [5.41, 5.74) is 7.58. The maximum atomic E-state index is 5.91. The van der Waals surface area contributed by atoms with Crippen LogP contribution in [0, 0.1) is 6.92 Å². The number of nitrogens with zero attached hydrogens (tertiary/aromatic N) is 1. The standard InChI is InChI=1S/C12H14ClN3S/c1-7-6-15-12(5-9(7)14)16-8(2)10-3-4-11(13)17-10/h3-6,8H,1-2H3,(H3,14,15,16). The van der Waals surface area contributed by atoms with E-state index in [-0.39, 0.29) is 6.04 Å². The lowest BCUT2D eigenvalue weighted by Gasteiger charge is -2.13. The minimum absolute atomic E-state index is 0.169. The van der Waals surface area contributed by atoms with Gasteiger partial charge >= 0.3 is 0 Å². The molecule has 0 spiro atoms. The van der Waals surface area contributed by atoms with Crippen LogP contribution in [0.15, 0.2) is 24.4 Å². The molecule has 90 valence electrons. The third-order valence-electron chi connectivity index (χ3n) is 2.53. The van der Waals surface area contributed by atoms with E-state index in [1.165, 1.54) is 4.88 Å². The number of aryl methyl sites for hydroxylation is 1. The normalized spacial score (nSPS) is 12.4. The van der Waals surface area contributed by atoms with Crippen LogP contribution in [0.4, 0.5) is 11.5 Å². The summed E-state index contributed by atoms with van der Waals surface area (Å²) >= 11 is 7.47. The highest BCUT2D eigenvalue weighted by molar-refractivity contribution is 7.16. The summed E-state index contributed by atoms with van der Waals surface area (Å²) < 4.78 is 0.796. The summed E-state index contributed by atoms with van der Waals surface area (Å²) in [4.78, 5) is 5.47. The Morgan fingerprint density at radius 2 is 2.24 bits per heavy atom. The highest BCUT2D eigenvalue weighted by Crippen LogP contribution is 2.28. The Morgan fingerprint density at radius 1 is 1.47 bits per heavy atom. The molecule has 1 atom stereocenters. The Morgan fingerprint density at radius 3 is 2.82 bits per heavy atom. The van der Waals surface area contributed by atoms with Crippen LogP contribution >= 0.6 is 22.9 Å². The van der Waals surface area contributed by atoms with E-state index in [0.29, 0.717) is 0 Å². The fourth-order valence-electron chi connectivity index (χ4n) is 1.47. The van der Waals surface area contributed by atoms with E-state index in [1.54, 1.807) is 17.5 Å². The number of rotatable bonds is 3. The van der Waals surface area contributed by atoms with Gasteiger partial charge in [-0.3, -0.25) is 0 Å². The van der Waals surface area contributed by atoms with Gasteiger partial charge in [-0.2, -0.15) is 0 Å². The number of nitrogens with one attached hydrogen (secondary N) is 1. The first kappa shape index (κ1) is 12.2. The van der Waals surface area contributed by atoms with Gasteiger partial charge in [-0.25, -0.2) is 4.98 Å². The molecule has 0 bridgehead atoms. The number of nitrogens with two attached hydrogens (primary N) is 1. The fraction of sp³-hybridized carbons (Fsp3) is 0.250. The molecule has 0 amide bonds. The van der Waals surface area contributed by atoms with Crippen LogP contribution in [0.2, 0.25) is 4.34 Å². The predicted molar refractivity (Wildman–Crippen MR) is 74.8 cm³/mol. The highest BCUT2D eigenvalue weighted by Gasteiger charge is 2.09. The second kappa shape index (κ2) is 4.94. The van der Waals surface area contributed by atoms with Gasteiger partial charge in [-0.1, -0.05) is 11.6 Å². The molecule has 0 radical (unpaired) electrons. The minimum atomic E-state index is 0.169. The van der Waals surface area contributed by atoms with Gasteiger partial charge in [0.15, 0.2) is 0 Å². The molecule has 0 saturated heterocycles. The van der Waals surface area contributed by atoms with Crippen molar-refractivity contribution in [1.29, 1.82) is 0 Å². The summed E-state index contributed by atoms with van der Waals surface area (Å²) in [6, 6.07) is 5.93. The molecule has 0 aliphatic rings. The largest absolute Gasteiger partial charge is 0.398 e. The van der Waals surface area contributed by atoms with E-state index >= 15 is 0 Å². The SMILES string of the molecule is Cc1cnc(NC(C)c2ccc(Cl)s2)cc1N. The van der Waals surface area contributed by atoms with Gasteiger partial charge in [0.05, 0.1) is 10.4 Å². The van der Waals surface area contributed by atoms with E-state index in [9.17, 15) is 0 Å². The molecule has 2 heterocycles. The second-order valence-electron chi connectivity index (χ2n) is 3.93. The fourth-order valence-corrected chi connectivity index (χ4v) is 2.54. The third-order valence-corrected chi connectivity index (χ3v) is 3.94. The van der Waals surface area contributed by atoms with Gasteiger partial charge in [-0.15, -0.1) is 11.3 Å². The molecular weight excluding hydrogens is 254 g/mol. The van der Waals surface area contributed by atoms with Crippen LogP contribution in [0.25, 0.3) is 0 Å². The van der Waals surface area contributed by atoms with Crippen LogP contribution < -0.4 is 11.1 Å². The van der Waals surface area contributed by atoms with Gasteiger partial charge in [-0.05, 0) is 31.5 Å². The first-order valence-corrected chi connectivity index (χ1v) is 6.49. The maximum Gasteiger partial charge on any atom is 0.128 e. The molecule has 3 nitrogen and oxygen atoms in total. The van der Waals surface area contributed by atoms with Crippen molar-refractivity contribution in [2.75, 3.05) is 11.1 Å². The molecular formula is C12H14ClN3S. The molecule has 1 unspecified atom stereocenters. The average molecular weight is 268 g/mol. The molecule has 3 N–H and O–H groups in total. The predicted octanol–water partition coefficient (Wildman–Crippen LogP) is 3.86. The Hall–Kier alpha value is -1.26. The van der Waals surface area contributed by atoms with E-state index in [1.807, 2.05) is 25.1 Å². The Balaban J connectivity index is 2.12. The van der Waals surface area contributed by atoms with Crippen LogP contribution in [-0.4, -0.2) is 4.98 Å². The second-order valence-corrected chi connectivity index (χ2v) is 5.68. The molecule has 0 aliphatic heterocycles. The number of nitrogen functional groups attached to an aromatic ring is 1. The molecule has 0 fully saturated rings. The highest BCUT2D eigenvalue weighted by atomic mass is 35.5. The molecule has 0 aromatic carbocycles. The van der Waals surface area contributed by atoms with Gasteiger partial charge in [0.2, 0.25) is 0 Å². The number of hydrogen-bond donors (Lipinski definition) is 2. The van der Waals surface area contributed by atoms with Crippen molar-refractivity contribution in [3.05, 3.63) is 39.2 Å². The van der Waals surface area contributed by atoms with Crippen LogP contribution in [0.1, 0.15) is 23.4 Å². The Bertz CT molecular complexity index is 524. The smallest absolute Gasteiger partial charge is 0.128 e. The van der Waals surface area contributed by atoms with Crippen molar-refractivity contribution in [2.45, 2.75) is 19.9 Å². The van der Waals surface area contributed by atoms with E-state index in [0.717, 1.165) is 21.4 Å². The van der Waals surface area contributed by atoms with Crippen molar-refractivity contribution >= 4 is 34.4 Å². The van der Waals surface area contributed by atoms with Crippen LogP contribution in [0.3, 0.4) is 0 Å². The van der Waals surface area contributed by atoms with E-state index in [2.05, 4.69) is 17.2 Å². The number of pyridine rings is 1. The number of hydrogen-bond acceptors (Lipinski definition) is 4. The van der Waals surface area contributed by atoms with Crippen molar-refractivity contribution in [3.63, 3.8) is 0 Å². The zero-order chi connectivity index (χ0) is 12.4. The maximum absolute atomic E-state index is 5.91. The Labute approximate surface area is 110 Å². The van der Waals surface area contributed by atoms with Crippen molar-refractivity contribution in [2.24, 2.45) is 0 Å². The zero-order valence-electron chi connectivity index (χ0n) is 9.70. The quantitative estimate of drug-likeness (QED) is 0.888. The molecule has 0 saturated carbocycles. The summed E-state index contributed by atoms with van der Waals surface area (Å²) in [7, 11) is 0. The molecule has 2 aromatic heterocycles. The molecule has 2 rings (SSSR count). The molecule has 2 aromatic rings. The number of thiophene rings is 1. The lowest BCUT2D eigenvalue weighted by atomic mass is 10.2. The Kier molecular flexibility index (Phi) is 3.54. The first-order valence-electron chi connectivity index (χ1n) is 5.30. The number of anilines is 2. The zero-order valence-corrected chi connectivity index (χ0v) is 11.3. The summed E-state index contributed by atoms with van der Waals surface area (Å²) in [5, 5.41) is 3.30. The lowest BCUT2D eigenvalue weighted by molar-refractivity contribution is 0.896. The molecule has 5 heteroatoms. The van der Waals surface area contributed by atoms with Crippen molar-refractivity contribution in [3.8, 4) is 0 Å². The third kappa shape index (κ3) is 2.90. The number of halogens is 1. The summed E-state index contributed by atoms with van der Waals surface area (Å²) in [6.07, 6.45) is 1.77. The first-order chi connectivity index (χ1) is 8.06. The minimum Gasteiger partial charge on any atom is -0.398 e. The number of aromatic nitrogens is 1. The van der Waals surface area contributed by atoms with E-state index in [4.69, 9.17) is 17.3 Å². The topological polar surface area (TPSA) is 50.9 Å². The van der Waals surface area contributed by atoms with Gasteiger partial charge < -0.3 is 11.1 Å². The van der Waals surface area contributed by atoms with Gasteiger partial charge in [0, 0.05) is 22.8 Å². The van der Waals surface area contributed by atoms with Crippen LogP contribution in [-0.2, 0) is 0 Å². The van der Waals surface area contributed by atoms with Crippen molar-refractivity contribution < 1.29 is 0 Å². The van der Waals surface area contributed by atoms with Crippen molar-refractivity contribution in [1.82, 2.24) is 4.98 Å². The lowest BCUT2D eigenvalue weighted by Crippen LogP contribution is -2.07. The monoisotopic (exact) mass is 267 g/mol. The van der Waals surface area contributed by atoms with Gasteiger partial charge in [0.25, 0.3) is 0 Å². The van der Waals surface area contributed by atoms with E-state index < -0.39 is 0 Å². The average Bonchev–Trinajstić information content (AvgIpc) is 2.70. The van der Waals surface area contributed by atoms with Crippen LogP contribution in [0.5, 0.6) is 0 Å². The molecule has 0 aliphatic carbocycles. The summed E-state index contributed by atoms with van der Waals surface area (Å²) in [6.45, 7) is 4.01.